The lowest BCUT2D eigenvalue weighted by molar-refractivity contribution is 0.995. The normalized spacial score (nSPS) is 10.4. The summed E-state index contributed by atoms with van der Waals surface area (Å²) < 4.78 is 0. The van der Waals surface area contributed by atoms with Crippen molar-refractivity contribution in [1.82, 2.24) is 10.2 Å². The molecule has 0 atom stereocenters. The predicted octanol–water partition coefficient (Wildman–Crippen LogP) is 2.74. The van der Waals surface area contributed by atoms with Crippen molar-refractivity contribution in [3.05, 3.63) is 33.5 Å². The average molecular weight is 191 g/mol. The molecule has 1 aromatic rings. The van der Waals surface area contributed by atoms with Gasteiger partial charge in [0.15, 0.2) is 0 Å². The van der Waals surface area contributed by atoms with Gasteiger partial charge in [-0.15, -0.1) is 0 Å². The van der Waals surface area contributed by atoms with Gasteiger partial charge < -0.3 is 0 Å². The van der Waals surface area contributed by atoms with E-state index in [2.05, 4.69) is 20.2 Å². The van der Waals surface area contributed by atoms with Crippen molar-refractivity contribution in [3.8, 4) is 0 Å². The predicted molar refractivity (Wildman–Crippen MR) is 55.7 cm³/mol. The Morgan fingerprint density at radius 2 is 2.36 bits per heavy atom. The lowest BCUT2D eigenvalue weighted by atomic mass is 10.2. The highest BCUT2D eigenvalue weighted by Gasteiger charge is 2.00. The van der Waals surface area contributed by atoms with Crippen LogP contribution in [-0.2, 0) is 0 Å². The third-order valence-electron chi connectivity index (χ3n) is 1.93. The molecular formula is C9H13N5. The Labute approximate surface area is 82.5 Å². The molecule has 1 aromatic heterocycles. The lowest BCUT2D eigenvalue weighted by Gasteiger charge is -1.90. The maximum Gasteiger partial charge on any atom is 0.0666 e. The second-order valence-corrected chi connectivity index (χ2v) is 2.99. The fourth-order valence-electron chi connectivity index (χ4n) is 1.18. The molecule has 0 saturated carbocycles. The minimum Gasteiger partial charge on any atom is -0.282 e. The molecule has 1 rings (SSSR count). The summed E-state index contributed by atoms with van der Waals surface area (Å²) in [6, 6.07) is 0. The Morgan fingerprint density at radius 1 is 1.57 bits per heavy atom. The van der Waals surface area contributed by atoms with Crippen LogP contribution in [0, 0.1) is 13.8 Å². The van der Waals surface area contributed by atoms with Crippen molar-refractivity contribution < 1.29 is 0 Å². The minimum atomic E-state index is 0.503. The van der Waals surface area contributed by atoms with Crippen molar-refractivity contribution in [2.75, 3.05) is 6.54 Å². The number of nitrogens with zero attached hydrogens (tertiary/aromatic N) is 4. The highest BCUT2D eigenvalue weighted by molar-refractivity contribution is 5.53. The first-order chi connectivity index (χ1) is 6.75. The van der Waals surface area contributed by atoms with Gasteiger partial charge >= 0.3 is 0 Å². The molecule has 0 aromatic carbocycles. The molecule has 0 radical (unpaired) electrons. The Balaban J connectivity index is 2.55. The third kappa shape index (κ3) is 2.64. The van der Waals surface area contributed by atoms with Gasteiger partial charge in [0, 0.05) is 22.7 Å². The molecule has 0 spiro atoms. The molecule has 14 heavy (non-hydrogen) atoms. The van der Waals surface area contributed by atoms with E-state index in [1.165, 1.54) is 0 Å². The zero-order valence-corrected chi connectivity index (χ0v) is 8.36. The topological polar surface area (TPSA) is 77.4 Å². The van der Waals surface area contributed by atoms with E-state index < -0.39 is 0 Å². The van der Waals surface area contributed by atoms with Crippen molar-refractivity contribution in [2.24, 2.45) is 5.11 Å². The van der Waals surface area contributed by atoms with Gasteiger partial charge in [-0.05, 0) is 25.8 Å². The van der Waals surface area contributed by atoms with Crippen LogP contribution in [-0.4, -0.2) is 16.7 Å². The number of azide groups is 1. The number of aromatic amines is 1. The SMILES string of the molecule is Cc1n[nH]c(C)c1C=CCCN=[N+]=[N-]. The van der Waals surface area contributed by atoms with Crippen LogP contribution in [0.1, 0.15) is 23.4 Å². The molecule has 0 saturated heterocycles. The Hall–Kier alpha value is -1.74. The van der Waals surface area contributed by atoms with E-state index in [-0.39, 0.29) is 0 Å². The van der Waals surface area contributed by atoms with Gasteiger partial charge in [0.1, 0.15) is 0 Å². The van der Waals surface area contributed by atoms with Gasteiger partial charge in [-0.3, -0.25) is 5.10 Å². The molecule has 0 unspecified atom stereocenters. The van der Waals surface area contributed by atoms with Crippen molar-refractivity contribution in [2.45, 2.75) is 20.3 Å². The van der Waals surface area contributed by atoms with Crippen LogP contribution in [0.4, 0.5) is 0 Å². The molecule has 74 valence electrons. The summed E-state index contributed by atoms with van der Waals surface area (Å²) in [5.41, 5.74) is 11.2. The van der Waals surface area contributed by atoms with Crippen LogP contribution in [0.5, 0.6) is 0 Å². The number of hydrogen-bond donors (Lipinski definition) is 1. The van der Waals surface area contributed by atoms with Gasteiger partial charge in [-0.2, -0.15) is 5.10 Å². The van der Waals surface area contributed by atoms with Crippen molar-refractivity contribution in [3.63, 3.8) is 0 Å². The van der Waals surface area contributed by atoms with Crippen LogP contribution < -0.4 is 0 Å². The molecule has 0 fully saturated rings. The van der Waals surface area contributed by atoms with Gasteiger partial charge in [0.25, 0.3) is 0 Å². The monoisotopic (exact) mass is 191 g/mol. The summed E-state index contributed by atoms with van der Waals surface area (Å²) in [6.45, 7) is 4.44. The van der Waals surface area contributed by atoms with E-state index in [1.807, 2.05) is 26.0 Å². The Morgan fingerprint density at radius 3 is 2.93 bits per heavy atom. The van der Waals surface area contributed by atoms with Gasteiger partial charge in [0.05, 0.1) is 5.69 Å². The van der Waals surface area contributed by atoms with E-state index in [9.17, 15) is 0 Å². The van der Waals surface area contributed by atoms with Crippen LogP contribution >= 0.6 is 0 Å². The second-order valence-electron chi connectivity index (χ2n) is 2.99. The van der Waals surface area contributed by atoms with E-state index in [4.69, 9.17) is 5.53 Å². The summed E-state index contributed by atoms with van der Waals surface area (Å²) in [4.78, 5) is 2.68. The average Bonchev–Trinajstić information content (AvgIpc) is 2.48. The van der Waals surface area contributed by atoms with Gasteiger partial charge in [-0.1, -0.05) is 17.3 Å². The molecule has 1 N–H and O–H groups in total. The van der Waals surface area contributed by atoms with E-state index in [0.717, 1.165) is 23.4 Å². The third-order valence-corrected chi connectivity index (χ3v) is 1.93. The van der Waals surface area contributed by atoms with Crippen molar-refractivity contribution >= 4 is 6.08 Å². The highest BCUT2D eigenvalue weighted by atomic mass is 15.1. The lowest BCUT2D eigenvalue weighted by Crippen LogP contribution is -1.78. The smallest absolute Gasteiger partial charge is 0.0666 e. The number of aromatic nitrogens is 2. The van der Waals surface area contributed by atoms with Crippen LogP contribution in [0.2, 0.25) is 0 Å². The summed E-state index contributed by atoms with van der Waals surface area (Å²) in [6.07, 6.45) is 4.74. The summed E-state index contributed by atoms with van der Waals surface area (Å²) >= 11 is 0. The standard InChI is InChI=1S/C9H13N5/c1-7-9(8(2)13-12-7)5-3-4-6-11-14-10/h3,5H,4,6H2,1-2H3,(H,12,13). The number of aryl methyl sites for hydroxylation is 2. The molecule has 0 bridgehead atoms. The summed E-state index contributed by atoms with van der Waals surface area (Å²) in [5, 5.41) is 10.4. The summed E-state index contributed by atoms with van der Waals surface area (Å²) in [7, 11) is 0. The van der Waals surface area contributed by atoms with Gasteiger partial charge in [-0.25, -0.2) is 0 Å². The molecule has 1 heterocycles. The van der Waals surface area contributed by atoms with Crippen LogP contribution in [0.25, 0.3) is 16.5 Å². The molecule has 5 nitrogen and oxygen atoms in total. The van der Waals surface area contributed by atoms with Crippen LogP contribution in [0.15, 0.2) is 11.2 Å². The van der Waals surface area contributed by atoms with Crippen molar-refractivity contribution in [1.29, 1.82) is 0 Å². The first-order valence-electron chi connectivity index (χ1n) is 4.44. The first-order valence-corrected chi connectivity index (χ1v) is 4.44. The maximum atomic E-state index is 8.06. The highest BCUT2D eigenvalue weighted by Crippen LogP contribution is 2.11. The van der Waals surface area contributed by atoms with E-state index in [0.29, 0.717) is 6.54 Å². The Kier molecular flexibility index (Phi) is 3.76. The number of nitrogens with one attached hydrogen (secondary N) is 1. The minimum absolute atomic E-state index is 0.503. The molecule has 0 amide bonds. The molecule has 0 aliphatic carbocycles. The number of rotatable bonds is 4. The number of hydrogen-bond acceptors (Lipinski definition) is 2. The molecule has 0 aliphatic rings. The van der Waals surface area contributed by atoms with E-state index >= 15 is 0 Å². The zero-order valence-electron chi connectivity index (χ0n) is 8.36. The maximum absolute atomic E-state index is 8.06. The zero-order chi connectivity index (χ0) is 10.4. The summed E-state index contributed by atoms with van der Waals surface area (Å²) in [5.74, 6) is 0. The van der Waals surface area contributed by atoms with Crippen LogP contribution in [0.3, 0.4) is 0 Å². The molecular weight excluding hydrogens is 178 g/mol. The Bertz CT molecular complexity index is 351. The fraction of sp³-hybridized carbons (Fsp3) is 0.444. The number of H-pyrrole nitrogens is 1. The fourth-order valence-corrected chi connectivity index (χ4v) is 1.18. The quantitative estimate of drug-likeness (QED) is 0.337. The molecule has 0 aliphatic heterocycles. The molecule has 5 heteroatoms. The largest absolute Gasteiger partial charge is 0.282 e. The second kappa shape index (κ2) is 5.09. The first kappa shape index (κ1) is 10.3. The van der Waals surface area contributed by atoms with Gasteiger partial charge in [0.2, 0.25) is 0 Å². The van der Waals surface area contributed by atoms with E-state index in [1.54, 1.807) is 0 Å².